The monoisotopic (exact) mass is 630 g/mol. The number of aromatic nitrogens is 2. The van der Waals surface area contributed by atoms with Crippen molar-refractivity contribution in [3.05, 3.63) is 65.1 Å². The van der Waals surface area contributed by atoms with Gasteiger partial charge >= 0.3 is 0 Å². The predicted molar refractivity (Wildman–Crippen MR) is 160 cm³/mol. The van der Waals surface area contributed by atoms with Crippen LogP contribution in [0.1, 0.15) is 46.3 Å². The van der Waals surface area contributed by atoms with Crippen LogP contribution >= 0.6 is 0 Å². The zero-order chi connectivity index (χ0) is 33.3. The number of ether oxygens (including phenoxy) is 1. The molecular formula is C30H36F2N6O7. The second-order valence-electron chi connectivity index (χ2n) is 10.3. The maximum atomic E-state index is 14.6. The minimum absolute atomic E-state index is 0.0330. The van der Waals surface area contributed by atoms with Crippen LogP contribution in [0.15, 0.2) is 36.5 Å². The molecule has 13 nitrogen and oxygen atoms in total. The van der Waals surface area contributed by atoms with Crippen LogP contribution < -0.4 is 26.0 Å². The summed E-state index contributed by atoms with van der Waals surface area (Å²) in [7, 11) is 2.74. The number of nitrogens with zero attached hydrogens (tertiary/aromatic N) is 2. The van der Waals surface area contributed by atoms with Crippen molar-refractivity contribution in [1.29, 1.82) is 0 Å². The van der Waals surface area contributed by atoms with Gasteiger partial charge in [-0.3, -0.25) is 19.2 Å². The van der Waals surface area contributed by atoms with Crippen molar-refractivity contribution in [3.63, 3.8) is 0 Å². The van der Waals surface area contributed by atoms with E-state index in [-0.39, 0.29) is 54.2 Å². The molecule has 2 atom stereocenters. The van der Waals surface area contributed by atoms with Crippen LogP contribution in [0, 0.1) is 18.6 Å². The van der Waals surface area contributed by atoms with E-state index in [4.69, 9.17) is 14.6 Å². The number of aliphatic hydroxyl groups is 1. The average Bonchev–Trinajstić information content (AvgIpc) is 3.60. The van der Waals surface area contributed by atoms with Crippen molar-refractivity contribution in [1.82, 2.24) is 25.5 Å². The second kappa shape index (κ2) is 15.2. The topological polar surface area (TPSA) is 184 Å². The molecule has 0 radical (unpaired) electrons. The number of carbonyl (C=O) groups is 4. The van der Waals surface area contributed by atoms with Gasteiger partial charge in [-0.1, -0.05) is 6.92 Å². The third-order valence-electron chi connectivity index (χ3n) is 7.41. The zero-order valence-electron chi connectivity index (χ0n) is 25.2. The second-order valence-corrected chi connectivity index (χ2v) is 10.3. The third kappa shape index (κ3) is 8.19. The van der Waals surface area contributed by atoms with E-state index >= 15 is 0 Å². The maximum absolute atomic E-state index is 14.6. The highest BCUT2D eigenvalue weighted by Crippen LogP contribution is 2.30. The molecular weight excluding hydrogens is 594 g/mol. The van der Waals surface area contributed by atoms with Gasteiger partial charge in [0, 0.05) is 49.9 Å². The summed E-state index contributed by atoms with van der Waals surface area (Å²) in [5.74, 6) is -3.69. The lowest BCUT2D eigenvalue weighted by molar-refractivity contribution is -0.123. The van der Waals surface area contributed by atoms with Crippen molar-refractivity contribution < 1.29 is 42.9 Å². The van der Waals surface area contributed by atoms with E-state index in [0.717, 1.165) is 0 Å². The highest BCUT2D eigenvalue weighted by molar-refractivity contribution is 6.03. The maximum Gasteiger partial charge on any atom is 0.291 e. The molecule has 242 valence electrons. The van der Waals surface area contributed by atoms with E-state index < -0.39 is 29.2 Å². The van der Waals surface area contributed by atoms with Gasteiger partial charge in [0.25, 0.3) is 18.3 Å². The molecule has 1 fully saturated rings. The van der Waals surface area contributed by atoms with Crippen molar-refractivity contribution in [2.24, 2.45) is 7.05 Å². The lowest BCUT2D eigenvalue weighted by atomic mass is 9.97. The molecule has 2 aromatic carbocycles. The number of halogens is 2. The summed E-state index contributed by atoms with van der Waals surface area (Å²) in [6, 6.07) is 6.91. The molecule has 6 N–H and O–H groups in total. The molecule has 1 saturated heterocycles. The Bertz CT molecular complexity index is 1560. The molecule has 0 aliphatic carbocycles. The molecule has 3 aromatic rings. The molecule has 0 spiro atoms. The molecule has 0 saturated carbocycles. The van der Waals surface area contributed by atoms with Crippen molar-refractivity contribution in [2.45, 2.75) is 38.3 Å². The van der Waals surface area contributed by atoms with Crippen LogP contribution in [0.2, 0.25) is 0 Å². The van der Waals surface area contributed by atoms with Gasteiger partial charge in [-0.05, 0) is 49.2 Å². The lowest BCUT2D eigenvalue weighted by Crippen LogP contribution is -2.43. The van der Waals surface area contributed by atoms with Gasteiger partial charge in [-0.25, -0.2) is 9.37 Å². The largest absolute Gasteiger partial charge is 0.494 e. The molecule has 1 aliphatic heterocycles. The normalized spacial score (nSPS) is 17.1. The van der Waals surface area contributed by atoms with E-state index in [2.05, 4.69) is 26.3 Å². The highest BCUT2D eigenvalue weighted by Gasteiger charge is 2.38. The van der Waals surface area contributed by atoms with Gasteiger partial charge in [0.2, 0.25) is 11.7 Å². The van der Waals surface area contributed by atoms with Gasteiger partial charge in [-0.2, -0.15) is 4.39 Å². The van der Waals surface area contributed by atoms with Gasteiger partial charge in [0.05, 0.1) is 30.6 Å². The standard InChI is InChI=1S/C29H34F2N6O5.CH2O2/c1-5-29(41)13-20(35-15-29)27(39)33-11-10-32-26(38)18-7-6-17(12-16(18)2)36-28(40)25-34-14-21(37(25)3)19-8-9-22(42-4)24(31)23(19)30;2-1-3/h6-9,12,14,20,35,41H,5,10-11,13,15H2,1-4H3,(H,32,38)(H,33,39)(H,36,40);1H,(H,2,3)/t20-,29-;/m1./s1. The fourth-order valence-electron chi connectivity index (χ4n) is 4.81. The summed E-state index contributed by atoms with van der Waals surface area (Å²) >= 11 is 0. The Hall–Kier alpha value is -4.89. The number of anilines is 1. The van der Waals surface area contributed by atoms with Crippen molar-refractivity contribution >= 4 is 29.9 Å². The quantitative estimate of drug-likeness (QED) is 0.144. The molecule has 0 bridgehead atoms. The number of hydrogen-bond donors (Lipinski definition) is 6. The van der Waals surface area contributed by atoms with Crippen molar-refractivity contribution in [2.75, 3.05) is 32.1 Å². The Kier molecular flexibility index (Phi) is 11.7. The number of methoxy groups -OCH3 is 1. The van der Waals surface area contributed by atoms with Crippen LogP contribution in [0.5, 0.6) is 5.75 Å². The van der Waals surface area contributed by atoms with E-state index in [1.54, 1.807) is 25.1 Å². The summed E-state index contributed by atoms with van der Waals surface area (Å²) in [6.45, 7) is 4.12. The summed E-state index contributed by atoms with van der Waals surface area (Å²) in [5, 5.41) is 28.4. The fourth-order valence-corrected chi connectivity index (χ4v) is 4.81. The average molecular weight is 631 g/mol. The SMILES string of the molecule is CC[C@]1(O)CN[C@@H](C(=O)NCCNC(=O)c2ccc(NC(=O)c3ncc(-c4ccc(OC)c(F)c4F)n3C)cc2C)C1.O=CO. The lowest BCUT2D eigenvalue weighted by Gasteiger charge is -2.18. The third-order valence-corrected chi connectivity index (χ3v) is 7.41. The van der Waals surface area contributed by atoms with E-state index in [0.29, 0.717) is 36.2 Å². The van der Waals surface area contributed by atoms with E-state index in [1.807, 2.05) is 6.92 Å². The number of rotatable bonds is 10. The predicted octanol–water partition coefficient (Wildman–Crippen LogP) is 1.98. The first kappa shape index (κ1) is 34.6. The number of amides is 3. The van der Waals surface area contributed by atoms with Gasteiger partial charge in [0.1, 0.15) is 0 Å². The van der Waals surface area contributed by atoms with E-state index in [9.17, 15) is 28.3 Å². The van der Waals surface area contributed by atoms with Crippen LogP contribution in [-0.4, -0.2) is 82.3 Å². The molecule has 15 heteroatoms. The molecule has 0 unspecified atom stereocenters. The summed E-state index contributed by atoms with van der Waals surface area (Å²) in [4.78, 5) is 50.4. The smallest absolute Gasteiger partial charge is 0.291 e. The number of imidazole rings is 1. The van der Waals surface area contributed by atoms with E-state index in [1.165, 1.54) is 37.1 Å². The summed E-state index contributed by atoms with van der Waals surface area (Å²) in [6.07, 6.45) is 2.17. The molecule has 4 rings (SSSR count). The molecule has 1 aromatic heterocycles. The van der Waals surface area contributed by atoms with Gasteiger partial charge in [0.15, 0.2) is 17.4 Å². The molecule has 45 heavy (non-hydrogen) atoms. The zero-order valence-corrected chi connectivity index (χ0v) is 25.2. The minimum atomic E-state index is -1.14. The highest BCUT2D eigenvalue weighted by atomic mass is 19.2. The first-order valence-electron chi connectivity index (χ1n) is 13.9. The number of carbonyl (C=O) groups excluding carboxylic acids is 3. The first-order chi connectivity index (χ1) is 21.4. The number of β-amino-alcohol motifs (C(OH)–C–C–N with tert-alkyl or cyclic N) is 1. The minimum Gasteiger partial charge on any atom is -0.494 e. The van der Waals surface area contributed by atoms with Crippen LogP contribution in [-0.2, 0) is 16.6 Å². The number of hydrogen-bond acceptors (Lipinski definition) is 8. The Balaban J connectivity index is 0.00000177. The van der Waals surface area contributed by atoms with Gasteiger partial charge in [-0.15, -0.1) is 0 Å². The molecule has 3 amide bonds. The van der Waals surface area contributed by atoms with Gasteiger partial charge < -0.3 is 40.8 Å². The van der Waals surface area contributed by atoms with Crippen LogP contribution in [0.25, 0.3) is 11.3 Å². The summed E-state index contributed by atoms with van der Waals surface area (Å²) < 4.78 is 34.9. The first-order valence-corrected chi connectivity index (χ1v) is 13.9. The fraction of sp³-hybridized carbons (Fsp3) is 0.367. The summed E-state index contributed by atoms with van der Waals surface area (Å²) in [5.41, 5.74) is 0.633. The Morgan fingerprint density at radius 1 is 1.16 bits per heavy atom. The molecule has 2 heterocycles. The number of benzene rings is 2. The van der Waals surface area contributed by atoms with Crippen LogP contribution in [0.4, 0.5) is 14.5 Å². The Morgan fingerprint density at radius 3 is 2.47 bits per heavy atom. The van der Waals surface area contributed by atoms with Crippen LogP contribution in [0.3, 0.4) is 0 Å². The van der Waals surface area contributed by atoms with Crippen molar-refractivity contribution in [3.8, 4) is 17.0 Å². The number of aryl methyl sites for hydroxylation is 1. The Labute approximate surface area is 258 Å². The molecule has 1 aliphatic rings. The number of nitrogens with one attached hydrogen (secondary N) is 4. The number of carboxylic acid groups (broad SMARTS) is 1. The Morgan fingerprint density at radius 2 is 1.84 bits per heavy atom.